The number of thiocarbonyl (C=S) groups is 1. The number of thioether (sulfide) groups is 1. The van der Waals surface area contributed by atoms with Gasteiger partial charge in [-0.15, -0.1) is 0 Å². The summed E-state index contributed by atoms with van der Waals surface area (Å²) in [5, 5.41) is 2.59. The maximum Gasteiger partial charge on any atom is 0.263 e. The molecule has 2 heterocycles. The van der Waals surface area contributed by atoms with Gasteiger partial charge in [-0.25, -0.2) is 0 Å². The van der Waals surface area contributed by atoms with E-state index in [0.717, 1.165) is 11.3 Å². The molecule has 1 N–H and O–H groups in total. The molecule has 0 spiro atoms. The first-order valence-corrected chi connectivity index (χ1v) is 8.51. The van der Waals surface area contributed by atoms with Crippen molar-refractivity contribution in [1.29, 1.82) is 0 Å². The molecular weight excluding hydrogens is 332 g/mol. The molecular formula is C16H16N2O3S2. The van der Waals surface area contributed by atoms with Gasteiger partial charge in [0.05, 0.1) is 17.1 Å². The van der Waals surface area contributed by atoms with E-state index < -0.39 is 0 Å². The largest absolute Gasteiger partial charge is 0.490 e. The smallest absolute Gasteiger partial charge is 0.263 e. The number of carbonyl (C=O) groups is 2. The second-order valence-corrected chi connectivity index (χ2v) is 7.29. The van der Waals surface area contributed by atoms with Crippen LogP contribution in [-0.4, -0.2) is 29.3 Å². The Hall–Kier alpha value is -1.86. The molecule has 0 saturated carbocycles. The molecule has 1 saturated heterocycles. The highest BCUT2D eigenvalue weighted by atomic mass is 32.2. The average Bonchev–Trinajstić information content (AvgIpc) is 2.83. The molecule has 2 amide bonds. The minimum absolute atomic E-state index is 0.0634. The second-order valence-electron chi connectivity index (χ2n) is 5.57. The molecule has 0 radical (unpaired) electrons. The van der Waals surface area contributed by atoms with Crippen LogP contribution in [-0.2, 0) is 9.59 Å². The molecule has 0 aromatic heterocycles. The van der Waals surface area contributed by atoms with Crippen LogP contribution in [0.25, 0.3) is 6.08 Å². The third-order valence-electron chi connectivity index (χ3n) is 3.55. The summed E-state index contributed by atoms with van der Waals surface area (Å²) in [5.74, 6) is 0.473. The molecule has 0 unspecified atom stereocenters. The number of carbonyl (C=O) groups excluding carboxylic acids is 2. The van der Waals surface area contributed by atoms with E-state index in [4.69, 9.17) is 17.0 Å². The van der Waals surface area contributed by atoms with Gasteiger partial charge in [0.2, 0.25) is 5.91 Å². The Balaban J connectivity index is 1.96. The van der Waals surface area contributed by atoms with Gasteiger partial charge >= 0.3 is 0 Å². The molecule has 7 heteroatoms. The first kappa shape index (κ1) is 16.0. The van der Waals surface area contributed by atoms with Crippen molar-refractivity contribution in [2.45, 2.75) is 13.8 Å². The number of hydrogen-bond donors (Lipinski definition) is 1. The lowest BCUT2D eigenvalue weighted by atomic mass is 10.1. The van der Waals surface area contributed by atoms with Crippen molar-refractivity contribution < 1.29 is 14.3 Å². The third-order valence-corrected chi connectivity index (χ3v) is 4.71. The topological polar surface area (TPSA) is 58.6 Å². The number of nitrogens with zero attached hydrogens (tertiary/aromatic N) is 1. The summed E-state index contributed by atoms with van der Waals surface area (Å²) in [4.78, 5) is 26.4. The van der Waals surface area contributed by atoms with E-state index in [1.165, 1.54) is 11.8 Å². The predicted octanol–water partition coefficient (Wildman–Crippen LogP) is 2.56. The summed E-state index contributed by atoms with van der Waals surface area (Å²) >= 11 is 6.22. The number of nitrogens with one attached hydrogen (secondary N) is 1. The highest BCUT2D eigenvalue weighted by Gasteiger charge is 2.26. The van der Waals surface area contributed by atoms with Gasteiger partial charge < -0.3 is 15.0 Å². The summed E-state index contributed by atoms with van der Waals surface area (Å²) in [6.07, 6.45) is 1.77. The van der Waals surface area contributed by atoms with Crippen molar-refractivity contribution in [2.24, 2.45) is 5.92 Å². The molecule has 2 aliphatic heterocycles. The van der Waals surface area contributed by atoms with Gasteiger partial charge in [0, 0.05) is 5.92 Å². The molecule has 0 atom stereocenters. The fourth-order valence-electron chi connectivity index (χ4n) is 2.44. The van der Waals surface area contributed by atoms with Crippen molar-refractivity contribution in [3.8, 4) is 5.75 Å². The number of ether oxygens (including phenoxy) is 1. The molecule has 5 nitrogen and oxygen atoms in total. The molecule has 3 rings (SSSR count). The Morgan fingerprint density at radius 2 is 2.26 bits per heavy atom. The average molecular weight is 348 g/mol. The quantitative estimate of drug-likeness (QED) is 0.657. The van der Waals surface area contributed by atoms with Crippen LogP contribution in [0.5, 0.6) is 5.75 Å². The van der Waals surface area contributed by atoms with E-state index in [-0.39, 0.29) is 17.7 Å². The number of fused-ring (bicyclic) bond motifs is 1. The van der Waals surface area contributed by atoms with Crippen LogP contribution in [0.4, 0.5) is 5.69 Å². The number of amides is 2. The van der Waals surface area contributed by atoms with E-state index in [1.54, 1.807) is 11.0 Å². The fourth-order valence-corrected chi connectivity index (χ4v) is 3.48. The van der Waals surface area contributed by atoms with Gasteiger partial charge in [-0.05, 0) is 23.8 Å². The first-order chi connectivity index (χ1) is 11.0. The molecule has 1 fully saturated rings. The fraction of sp³-hybridized carbons (Fsp3) is 0.312. The minimum Gasteiger partial charge on any atom is -0.490 e. The van der Waals surface area contributed by atoms with Gasteiger partial charge in [-0.1, -0.05) is 43.9 Å². The normalized spacial score (nSPS) is 18.9. The molecule has 1 aromatic carbocycles. The van der Waals surface area contributed by atoms with Gasteiger partial charge in [0.1, 0.15) is 16.7 Å². The standard InChI is InChI=1S/C16H16N2O3S2/c1-9(2)15(20)18-5-6-21-12-4-3-10(7-11(12)18)8-13-14(19)17-16(22)23-13/h3-4,7-9H,5-6H2,1-2H3,(H,17,19,22). The van der Waals surface area contributed by atoms with E-state index in [1.807, 2.05) is 32.0 Å². The van der Waals surface area contributed by atoms with Gasteiger partial charge in [-0.3, -0.25) is 9.59 Å². The maximum absolute atomic E-state index is 12.4. The summed E-state index contributed by atoms with van der Waals surface area (Å²) in [5.41, 5.74) is 1.58. The second kappa shape index (κ2) is 6.33. The Bertz CT molecular complexity index is 728. The van der Waals surface area contributed by atoms with Gasteiger partial charge in [-0.2, -0.15) is 0 Å². The van der Waals surface area contributed by atoms with Crippen molar-refractivity contribution in [1.82, 2.24) is 5.32 Å². The Morgan fingerprint density at radius 3 is 2.91 bits per heavy atom. The lowest BCUT2D eigenvalue weighted by Gasteiger charge is -2.31. The van der Waals surface area contributed by atoms with Crippen molar-refractivity contribution in [3.63, 3.8) is 0 Å². The van der Waals surface area contributed by atoms with Crippen LogP contribution in [0.2, 0.25) is 0 Å². The minimum atomic E-state index is -0.191. The van der Waals surface area contributed by atoms with Crippen molar-refractivity contribution in [2.75, 3.05) is 18.1 Å². The summed E-state index contributed by atoms with van der Waals surface area (Å²) in [6, 6.07) is 5.57. The Labute approximate surface area is 144 Å². The van der Waals surface area contributed by atoms with E-state index in [0.29, 0.717) is 28.1 Å². The first-order valence-electron chi connectivity index (χ1n) is 7.29. The molecule has 23 heavy (non-hydrogen) atoms. The number of benzene rings is 1. The monoisotopic (exact) mass is 348 g/mol. The highest BCUT2D eigenvalue weighted by Crippen LogP contribution is 2.35. The van der Waals surface area contributed by atoms with Crippen molar-refractivity contribution in [3.05, 3.63) is 28.7 Å². The lowest BCUT2D eigenvalue weighted by molar-refractivity contribution is -0.121. The molecule has 0 aliphatic carbocycles. The summed E-state index contributed by atoms with van der Waals surface area (Å²) < 4.78 is 6.08. The third kappa shape index (κ3) is 3.25. The van der Waals surface area contributed by atoms with Crippen LogP contribution in [0.15, 0.2) is 23.1 Å². The lowest BCUT2D eigenvalue weighted by Crippen LogP contribution is -2.40. The highest BCUT2D eigenvalue weighted by molar-refractivity contribution is 8.26. The zero-order chi connectivity index (χ0) is 16.6. The Kier molecular flexibility index (Phi) is 4.41. The molecule has 2 aliphatic rings. The maximum atomic E-state index is 12.4. The van der Waals surface area contributed by atoms with E-state index in [2.05, 4.69) is 5.32 Å². The van der Waals surface area contributed by atoms with Crippen LogP contribution in [0.1, 0.15) is 19.4 Å². The number of hydrogen-bond acceptors (Lipinski definition) is 5. The van der Waals surface area contributed by atoms with Crippen LogP contribution >= 0.6 is 24.0 Å². The van der Waals surface area contributed by atoms with Crippen molar-refractivity contribution >= 4 is 51.9 Å². The summed E-state index contributed by atoms with van der Waals surface area (Å²) in [7, 11) is 0. The zero-order valence-corrected chi connectivity index (χ0v) is 14.4. The molecule has 1 aromatic rings. The molecule has 120 valence electrons. The number of anilines is 1. The van der Waals surface area contributed by atoms with E-state index >= 15 is 0 Å². The zero-order valence-electron chi connectivity index (χ0n) is 12.8. The van der Waals surface area contributed by atoms with Crippen LogP contribution in [0, 0.1) is 5.92 Å². The van der Waals surface area contributed by atoms with Crippen LogP contribution < -0.4 is 15.0 Å². The van der Waals surface area contributed by atoms with E-state index in [9.17, 15) is 9.59 Å². The van der Waals surface area contributed by atoms with Gasteiger partial charge in [0.25, 0.3) is 5.91 Å². The van der Waals surface area contributed by atoms with Crippen LogP contribution in [0.3, 0.4) is 0 Å². The molecule has 0 bridgehead atoms. The van der Waals surface area contributed by atoms with Gasteiger partial charge in [0.15, 0.2) is 0 Å². The Morgan fingerprint density at radius 1 is 1.48 bits per heavy atom. The number of rotatable bonds is 2. The SMILES string of the molecule is CC(C)C(=O)N1CCOc2ccc(C=C3SC(=S)NC3=O)cc21. The summed E-state index contributed by atoms with van der Waals surface area (Å²) in [6.45, 7) is 4.77. The predicted molar refractivity (Wildman–Crippen MR) is 95.4 cm³/mol.